The summed E-state index contributed by atoms with van der Waals surface area (Å²) < 4.78 is 10.5. The van der Waals surface area contributed by atoms with E-state index in [0.717, 1.165) is 30.0 Å². The van der Waals surface area contributed by atoms with E-state index in [4.69, 9.17) is 9.47 Å². The minimum absolute atomic E-state index is 0.708. The van der Waals surface area contributed by atoms with Gasteiger partial charge < -0.3 is 9.47 Å². The molecule has 110 valence electrons. The highest BCUT2D eigenvalue weighted by molar-refractivity contribution is 7.99. The highest BCUT2D eigenvalue weighted by atomic mass is 32.2. The first-order valence-electron chi connectivity index (χ1n) is 6.65. The van der Waals surface area contributed by atoms with Crippen molar-refractivity contribution in [2.75, 3.05) is 20.0 Å². The summed E-state index contributed by atoms with van der Waals surface area (Å²) >= 11 is 1.77. The van der Waals surface area contributed by atoms with Gasteiger partial charge in [0, 0.05) is 16.2 Å². The summed E-state index contributed by atoms with van der Waals surface area (Å²) in [6, 6.07) is 13.6. The fraction of sp³-hybridized carbons (Fsp3) is 0.235. The summed E-state index contributed by atoms with van der Waals surface area (Å²) in [5.41, 5.74) is 1.92. The lowest BCUT2D eigenvalue weighted by atomic mass is 10.1. The molecule has 0 aliphatic rings. The van der Waals surface area contributed by atoms with E-state index in [1.807, 2.05) is 36.4 Å². The van der Waals surface area contributed by atoms with Crippen LogP contribution in [0.15, 0.2) is 47.4 Å². The highest BCUT2D eigenvalue weighted by Crippen LogP contribution is 2.28. The minimum Gasteiger partial charge on any atom is -0.493 e. The first-order valence-corrected chi connectivity index (χ1v) is 7.64. The number of ether oxygens (including phenoxy) is 2. The minimum atomic E-state index is 0.708. The number of carbonyl (C=O) groups excluding carboxylic acids is 1. The van der Waals surface area contributed by atoms with Crippen LogP contribution in [0.3, 0.4) is 0 Å². The lowest BCUT2D eigenvalue weighted by molar-refractivity contribution is 0.112. The molecule has 0 fully saturated rings. The largest absolute Gasteiger partial charge is 0.493 e. The summed E-state index contributed by atoms with van der Waals surface area (Å²) in [5, 5.41) is 0. The first kappa shape index (κ1) is 15.4. The average Bonchev–Trinajstić information content (AvgIpc) is 2.55. The molecule has 0 atom stereocenters. The molecule has 2 aromatic carbocycles. The Morgan fingerprint density at radius 2 is 1.71 bits per heavy atom. The molecule has 2 aromatic rings. The van der Waals surface area contributed by atoms with E-state index in [-0.39, 0.29) is 0 Å². The van der Waals surface area contributed by atoms with Crippen LogP contribution in [-0.4, -0.2) is 26.3 Å². The van der Waals surface area contributed by atoms with E-state index in [9.17, 15) is 4.79 Å². The van der Waals surface area contributed by atoms with Gasteiger partial charge in [-0.3, -0.25) is 4.79 Å². The van der Waals surface area contributed by atoms with Gasteiger partial charge in [-0.1, -0.05) is 18.2 Å². The number of hydrogen-bond acceptors (Lipinski definition) is 4. The molecule has 0 saturated heterocycles. The number of rotatable bonds is 7. The van der Waals surface area contributed by atoms with Crippen molar-refractivity contribution < 1.29 is 14.3 Å². The first-order chi connectivity index (χ1) is 10.3. The van der Waals surface area contributed by atoms with E-state index < -0.39 is 0 Å². The molecule has 0 unspecified atom stereocenters. The molecule has 21 heavy (non-hydrogen) atoms. The highest BCUT2D eigenvalue weighted by Gasteiger charge is 2.04. The van der Waals surface area contributed by atoms with Gasteiger partial charge in [0.1, 0.15) is 6.29 Å². The van der Waals surface area contributed by atoms with Crippen molar-refractivity contribution in [1.29, 1.82) is 0 Å². The van der Waals surface area contributed by atoms with Gasteiger partial charge in [-0.2, -0.15) is 0 Å². The van der Waals surface area contributed by atoms with Crippen LogP contribution in [0.5, 0.6) is 11.5 Å². The number of aldehydes is 1. The van der Waals surface area contributed by atoms with Gasteiger partial charge in [0.2, 0.25) is 0 Å². The molecule has 0 heterocycles. The molecule has 0 bridgehead atoms. The maximum atomic E-state index is 10.6. The molecule has 0 aliphatic heterocycles. The van der Waals surface area contributed by atoms with Gasteiger partial charge in [-0.25, -0.2) is 0 Å². The van der Waals surface area contributed by atoms with E-state index in [0.29, 0.717) is 5.56 Å². The zero-order valence-corrected chi connectivity index (χ0v) is 13.0. The third kappa shape index (κ3) is 4.26. The standard InChI is InChI=1S/C17H18O3S/c1-19-16-8-5-13(11-17(16)20-2)9-10-21-15-6-3-14(12-18)4-7-15/h3-8,11-12H,9-10H2,1-2H3. The van der Waals surface area contributed by atoms with Crippen molar-refractivity contribution >= 4 is 18.0 Å². The summed E-state index contributed by atoms with van der Waals surface area (Å²) in [7, 11) is 3.28. The van der Waals surface area contributed by atoms with Gasteiger partial charge in [0.25, 0.3) is 0 Å². The van der Waals surface area contributed by atoms with Crippen molar-refractivity contribution in [2.24, 2.45) is 0 Å². The van der Waals surface area contributed by atoms with Crippen LogP contribution in [0.4, 0.5) is 0 Å². The second-order valence-corrected chi connectivity index (χ2v) is 5.64. The number of aryl methyl sites for hydroxylation is 1. The van der Waals surface area contributed by atoms with Crippen LogP contribution in [0.2, 0.25) is 0 Å². The number of benzene rings is 2. The third-order valence-electron chi connectivity index (χ3n) is 3.12. The number of hydrogen-bond donors (Lipinski definition) is 0. The smallest absolute Gasteiger partial charge is 0.160 e. The lowest BCUT2D eigenvalue weighted by Gasteiger charge is -2.09. The molecule has 0 aromatic heterocycles. The van der Waals surface area contributed by atoms with Crippen LogP contribution < -0.4 is 9.47 Å². The molecule has 0 N–H and O–H groups in total. The van der Waals surface area contributed by atoms with Crippen LogP contribution in [-0.2, 0) is 6.42 Å². The second-order valence-electron chi connectivity index (χ2n) is 4.47. The van der Waals surface area contributed by atoms with Crippen molar-refractivity contribution in [3.63, 3.8) is 0 Å². The van der Waals surface area contributed by atoms with Gasteiger partial charge in [0.15, 0.2) is 11.5 Å². The molecule has 0 amide bonds. The third-order valence-corrected chi connectivity index (χ3v) is 4.14. The van der Waals surface area contributed by atoms with Gasteiger partial charge in [0.05, 0.1) is 14.2 Å². The van der Waals surface area contributed by atoms with Crippen molar-refractivity contribution in [1.82, 2.24) is 0 Å². The van der Waals surface area contributed by atoms with Crippen LogP contribution in [0.25, 0.3) is 0 Å². The summed E-state index contributed by atoms with van der Waals surface area (Å²) in [5.74, 6) is 2.48. The predicted octanol–water partition coefficient (Wildman–Crippen LogP) is 3.85. The molecule has 0 radical (unpaired) electrons. The quantitative estimate of drug-likeness (QED) is 0.575. The predicted molar refractivity (Wildman–Crippen MR) is 85.8 cm³/mol. The molecule has 0 saturated carbocycles. The number of thioether (sulfide) groups is 1. The van der Waals surface area contributed by atoms with Crippen LogP contribution >= 0.6 is 11.8 Å². The second kappa shape index (κ2) is 7.74. The van der Waals surface area contributed by atoms with Gasteiger partial charge >= 0.3 is 0 Å². The Kier molecular flexibility index (Phi) is 5.69. The Labute approximate surface area is 129 Å². The van der Waals surface area contributed by atoms with E-state index >= 15 is 0 Å². The Morgan fingerprint density at radius 1 is 1.00 bits per heavy atom. The Balaban J connectivity index is 1.91. The Hall–Kier alpha value is -1.94. The molecule has 0 aliphatic carbocycles. The summed E-state index contributed by atoms with van der Waals surface area (Å²) in [6.07, 6.45) is 1.80. The van der Waals surface area contributed by atoms with E-state index in [1.165, 1.54) is 10.5 Å². The summed E-state index contributed by atoms with van der Waals surface area (Å²) in [6.45, 7) is 0. The maximum absolute atomic E-state index is 10.6. The van der Waals surface area contributed by atoms with E-state index in [1.54, 1.807) is 26.0 Å². The molecule has 2 rings (SSSR count). The summed E-state index contributed by atoms with van der Waals surface area (Å²) in [4.78, 5) is 11.8. The normalized spacial score (nSPS) is 10.2. The zero-order valence-electron chi connectivity index (χ0n) is 12.2. The monoisotopic (exact) mass is 302 g/mol. The van der Waals surface area contributed by atoms with Crippen molar-refractivity contribution in [2.45, 2.75) is 11.3 Å². The van der Waals surface area contributed by atoms with Crippen LogP contribution in [0, 0.1) is 0 Å². The fourth-order valence-corrected chi connectivity index (χ4v) is 2.87. The number of methoxy groups -OCH3 is 2. The van der Waals surface area contributed by atoms with E-state index in [2.05, 4.69) is 6.07 Å². The Bertz CT molecular complexity index is 593. The van der Waals surface area contributed by atoms with Crippen LogP contribution in [0.1, 0.15) is 15.9 Å². The Morgan fingerprint density at radius 3 is 2.33 bits per heavy atom. The lowest BCUT2D eigenvalue weighted by Crippen LogP contribution is -1.94. The van der Waals surface area contributed by atoms with Crippen molar-refractivity contribution in [3.05, 3.63) is 53.6 Å². The molecular formula is C17H18O3S. The topological polar surface area (TPSA) is 35.5 Å². The number of carbonyl (C=O) groups is 1. The molecule has 3 nitrogen and oxygen atoms in total. The molecular weight excluding hydrogens is 284 g/mol. The zero-order chi connectivity index (χ0) is 15.1. The van der Waals surface area contributed by atoms with Gasteiger partial charge in [-0.15, -0.1) is 11.8 Å². The average molecular weight is 302 g/mol. The maximum Gasteiger partial charge on any atom is 0.160 e. The fourth-order valence-electron chi connectivity index (χ4n) is 1.97. The molecule has 0 spiro atoms. The molecule has 4 heteroatoms. The SMILES string of the molecule is COc1ccc(CCSc2ccc(C=O)cc2)cc1OC. The van der Waals surface area contributed by atoms with Crippen molar-refractivity contribution in [3.8, 4) is 11.5 Å². The van der Waals surface area contributed by atoms with Gasteiger partial charge in [-0.05, 0) is 36.2 Å².